The number of rotatable bonds is 6. The lowest BCUT2D eigenvalue weighted by atomic mass is 10.1. The number of methoxy groups -OCH3 is 1. The molecule has 0 aliphatic rings. The van der Waals surface area contributed by atoms with Gasteiger partial charge in [0.15, 0.2) is 0 Å². The van der Waals surface area contributed by atoms with Gasteiger partial charge in [0.2, 0.25) is 0 Å². The first kappa shape index (κ1) is 12.6. The maximum absolute atomic E-state index is 4.98. The van der Waals surface area contributed by atoms with Crippen LogP contribution in [0.15, 0.2) is 23.1 Å². The molecular formula is C12H19NOS. The van der Waals surface area contributed by atoms with E-state index in [2.05, 4.69) is 36.7 Å². The average Bonchev–Trinajstić information content (AvgIpc) is 2.26. The van der Waals surface area contributed by atoms with Gasteiger partial charge in [-0.15, -0.1) is 11.8 Å². The Morgan fingerprint density at radius 3 is 2.80 bits per heavy atom. The van der Waals surface area contributed by atoms with Crippen LogP contribution in [0, 0.1) is 6.92 Å². The van der Waals surface area contributed by atoms with Crippen molar-refractivity contribution >= 4 is 11.8 Å². The van der Waals surface area contributed by atoms with Gasteiger partial charge in [-0.3, -0.25) is 0 Å². The fourth-order valence-electron chi connectivity index (χ4n) is 1.39. The normalized spacial score (nSPS) is 10.6. The lowest BCUT2D eigenvalue weighted by Gasteiger charge is -2.08. The quantitative estimate of drug-likeness (QED) is 0.593. The molecule has 3 heteroatoms. The van der Waals surface area contributed by atoms with Crippen LogP contribution < -0.4 is 5.32 Å². The second kappa shape index (κ2) is 6.88. The molecule has 0 atom stereocenters. The summed E-state index contributed by atoms with van der Waals surface area (Å²) >= 11 is 1.78. The summed E-state index contributed by atoms with van der Waals surface area (Å²) in [5.41, 5.74) is 2.72. The monoisotopic (exact) mass is 225 g/mol. The van der Waals surface area contributed by atoms with Gasteiger partial charge in [-0.1, -0.05) is 6.07 Å². The largest absolute Gasteiger partial charge is 0.383 e. The highest BCUT2D eigenvalue weighted by Crippen LogP contribution is 2.18. The molecule has 0 aliphatic carbocycles. The van der Waals surface area contributed by atoms with E-state index >= 15 is 0 Å². The van der Waals surface area contributed by atoms with Gasteiger partial charge >= 0.3 is 0 Å². The molecule has 1 aromatic rings. The highest BCUT2D eigenvalue weighted by molar-refractivity contribution is 7.98. The first-order valence-corrected chi connectivity index (χ1v) is 6.33. The first-order chi connectivity index (χ1) is 7.27. The van der Waals surface area contributed by atoms with Crippen molar-refractivity contribution in [2.24, 2.45) is 0 Å². The molecule has 0 heterocycles. The van der Waals surface area contributed by atoms with Crippen LogP contribution in [0.4, 0.5) is 0 Å². The number of benzene rings is 1. The molecule has 84 valence electrons. The third-order valence-electron chi connectivity index (χ3n) is 2.35. The second-order valence-electron chi connectivity index (χ2n) is 3.46. The molecule has 2 nitrogen and oxygen atoms in total. The van der Waals surface area contributed by atoms with Crippen molar-refractivity contribution in [1.82, 2.24) is 5.32 Å². The SMILES string of the molecule is COCCNCc1ccc(SC)cc1C. The lowest BCUT2D eigenvalue weighted by Crippen LogP contribution is -2.19. The number of thioether (sulfide) groups is 1. The molecule has 15 heavy (non-hydrogen) atoms. The summed E-state index contributed by atoms with van der Waals surface area (Å²) in [6, 6.07) is 6.60. The van der Waals surface area contributed by atoms with Crippen LogP contribution in [-0.2, 0) is 11.3 Å². The molecule has 0 spiro atoms. The molecule has 0 saturated carbocycles. The zero-order valence-corrected chi connectivity index (χ0v) is 10.5. The molecule has 0 fully saturated rings. The molecule has 0 unspecified atom stereocenters. The van der Waals surface area contributed by atoms with Crippen LogP contribution in [0.3, 0.4) is 0 Å². The molecule has 0 aromatic heterocycles. The molecule has 0 radical (unpaired) electrons. The molecule has 1 rings (SSSR count). The van der Waals surface area contributed by atoms with Crippen molar-refractivity contribution in [1.29, 1.82) is 0 Å². The first-order valence-electron chi connectivity index (χ1n) is 5.11. The van der Waals surface area contributed by atoms with Crippen molar-refractivity contribution in [2.75, 3.05) is 26.5 Å². The van der Waals surface area contributed by atoms with Gasteiger partial charge in [0, 0.05) is 25.1 Å². The van der Waals surface area contributed by atoms with E-state index in [0.29, 0.717) is 0 Å². The van der Waals surface area contributed by atoms with Crippen molar-refractivity contribution in [3.05, 3.63) is 29.3 Å². The molecule has 0 bridgehead atoms. The maximum Gasteiger partial charge on any atom is 0.0587 e. The third kappa shape index (κ3) is 4.24. The van der Waals surface area contributed by atoms with Gasteiger partial charge in [-0.05, 0) is 36.4 Å². The van der Waals surface area contributed by atoms with Crippen molar-refractivity contribution in [3.63, 3.8) is 0 Å². The smallest absolute Gasteiger partial charge is 0.0587 e. The molecule has 1 N–H and O–H groups in total. The Morgan fingerprint density at radius 1 is 1.40 bits per heavy atom. The van der Waals surface area contributed by atoms with E-state index in [0.717, 1.165) is 19.7 Å². The Balaban J connectivity index is 2.47. The number of hydrogen-bond acceptors (Lipinski definition) is 3. The van der Waals surface area contributed by atoms with Gasteiger partial charge < -0.3 is 10.1 Å². The standard InChI is InChI=1S/C12H19NOS/c1-10-8-12(15-3)5-4-11(10)9-13-6-7-14-2/h4-5,8,13H,6-7,9H2,1-3H3. The van der Waals surface area contributed by atoms with Crippen molar-refractivity contribution in [2.45, 2.75) is 18.4 Å². The number of aryl methyl sites for hydroxylation is 1. The number of hydrogen-bond donors (Lipinski definition) is 1. The van der Waals surface area contributed by atoms with E-state index in [4.69, 9.17) is 4.74 Å². The van der Waals surface area contributed by atoms with Crippen molar-refractivity contribution < 1.29 is 4.74 Å². The van der Waals surface area contributed by atoms with Gasteiger partial charge in [0.1, 0.15) is 0 Å². The fourth-order valence-corrected chi connectivity index (χ4v) is 1.89. The van der Waals surface area contributed by atoms with Crippen LogP contribution in [0.5, 0.6) is 0 Å². The van der Waals surface area contributed by atoms with Crippen LogP contribution in [0.1, 0.15) is 11.1 Å². The minimum atomic E-state index is 0.766. The number of ether oxygens (including phenoxy) is 1. The number of nitrogens with one attached hydrogen (secondary N) is 1. The summed E-state index contributed by atoms with van der Waals surface area (Å²) < 4.78 is 4.98. The zero-order valence-electron chi connectivity index (χ0n) is 9.67. The van der Waals surface area contributed by atoms with E-state index in [1.807, 2.05) is 0 Å². The van der Waals surface area contributed by atoms with Crippen LogP contribution in [0.2, 0.25) is 0 Å². The van der Waals surface area contributed by atoms with E-state index in [1.165, 1.54) is 16.0 Å². The Bertz CT molecular complexity index is 302. The highest BCUT2D eigenvalue weighted by atomic mass is 32.2. The van der Waals surface area contributed by atoms with E-state index in [-0.39, 0.29) is 0 Å². The Kier molecular flexibility index (Phi) is 5.76. The molecular weight excluding hydrogens is 206 g/mol. The second-order valence-corrected chi connectivity index (χ2v) is 4.34. The van der Waals surface area contributed by atoms with Crippen molar-refractivity contribution in [3.8, 4) is 0 Å². The van der Waals surface area contributed by atoms with Gasteiger partial charge in [-0.2, -0.15) is 0 Å². The summed E-state index contributed by atoms with van der Waals surface area (Å²) in [7, 11) is 1.72. The van der Waals surface area contributed by atoms with Crippen LogP contribution >= 0.6 is 11.8 Å². The Hall–Kier alpha value is -0.510. The lowest BCUT2D eigenvalue weighted by molar-refractivity contribution is 0.199. The molecule has 0 amide bonds. The van der Waals surface area contributed by atoms with Gasteiger partial charge in [-0.25, -0.2) is 0 Å². The van der Waals surface area contributed by atoms with E-state index in [1.54, 1.807) is 18.9 Å². The predicted octanol–water partition coefficient (Wildman–Crippen LogP) is 2.45. The molecule has 1 aromatic carbocycles. The van der Waals surface area contributed by atoms with E-state index in [9.17, 15) is 0 Å². The average molecular weight is 225 g/mol. The summed E-state index contributed by atoms with van der Waals surface area (Å²) in [5.74, 6) is 0. The summed E-state index contributed by atoms with van der Waals surface area (Å²) in [6.07, 6.45) is 2.10. The Morgan fingerprint density at radius 2 is 2.20 bits per heavy atom. The minimum Gasteiger partial charge on any atom is -0.383 e. The highest BCUT2D eigenvalue weighted by Gasteiger charge is 1.99. The van der Waals surface area contributed by atoms with Gasteiger partial charge in [0.25, 0.3) is 0 Å². The summed E-state index contributed by atoms with van der Waals surface area (Å²) in [4.78, 5) is 1.33. The van der Waals surface area contributed by atoms with Crippen LogP contribution in [-0.4, -0.2) is 26.5 Å². The maximum atomic E-state index is 4.98. The minimum absolute atomic E-state index is 0.766. The third-order valence-corrected chi connectivity index (χ3v) is 3.07. The summed E-state index contributed by atoms with van der Waals surface area (Å²) in [5, 5.41) is 3.35. The summed E-state index contributed by atoms with van der Waals surface area (Å²) in [6.45, 7) is 4.75. The van der Waals surface area contributed by atoms with E-state index < -0.39 is 0 Å². The predicted molar refractivity (Wildman–Crippen MR) is 66.5 cm³/mol. The molecule has 0 aliphatic heterocycles. The Labute approximate surface area is 96.4 Å². The topological polar surface area (TPSA) is 21.3 Å². The molecule has 0 saturated heterocycles. The van der Waals surface area contributed by atoms with Gasteiger partial charge in [0.05, 0.1) is 6.61 Å². The zero-order chi connectivity index (χ0) is 11.1. The van der Waals surface area contributed by atoms with Crippen LogP contribution in [0.25, 0.3) is 0 Å². The fraction of sp³-hybridized carbons (Fsp3) is 0.500.